The summed E-state index contributed by atoms with van der Waals surface area (Å²) in [5.41, 5.74) is 3.89. The number of Topliss-reactive ketones (excluding diaryl/α,β-unsaturated/α-hetero) is 2. The topological polar surface area (TPSA) is 170 Å². The first-order valence-corrected chi connectivity index (χ1v) is 11.2. The number of hydrogen-bond donors (Lipinski definition) is 6. The summed E-state index contributed by atoms with van der Waals surface area (Å²) in [6.07, 6.45) is 1.38. The van der Waals surface area contributed by atoms with Gasteiger partial charge in [-0.05, 0) is 43.7 Å². The summed E-state index contributed by atoms with van der Waals surface area (Å²) in [6, 6.07) is 1.86. The van der Waals surface area contributed by atoms with Gasteiger partial charge in [0.15, 0.2) is 11.4 Å². The van der Waals surface area contributed by atoms with Gasteiger partial charge in [0, 0.05) is 35.7 Å². The van der Waals surface area contributed by atoms with E-state index in [0.717, 1.165) is 12.1 Å². The number of nitrogens with one attached hydrogen (secondary N) is 1. The molecule has 7 N–H and O–H groups in total. The number of primary amides is 1. The minimum absolute atomic E-state index is 0.122. The number of phenolic OH excluding ortho intramolecular Hbond substituents is 1. The molecule has 33 heavy (non-hydrogen) atoms. The van der Waals surface area contributed by atoms with Crippen LogP contribution < -0.4 is 11.1 Å². The lowest BCUT2D eigenvalue weighted by Gasteiger charge is -2.46. The minimum Gasteiger partial charge on any atom is -0.508 e. The van der Waals surface area contributed by atoms with Crippen LogP contribution in [0.3, 0.4) is 0 Å². The molecule has 1 unspecified atom stereocenters. The van der Waals surface area contributed by atoms with Crippen molar-refractivity contribution < 1.29 is 34.8 Å². The molecule has 176 valence electrons. The number of ketones is 2. The molecule has 1 saturated carbocycles. The van der Waals surface area contributed by atoms with Gasteiger partial charge < -0.3 is 31.5 Å². The first-order valence-electron chi connectivity index (χ1n) is 11.2. The Labute approximate surface area is 190 Å². The van der Waals surface area contributed by atoms with Crippen molar-refractivity contribution in [2.75, 3.05) is 11.9 Å². The molecule has 3 atom stereocenters. The van der Waals surface area contributed by atoms with Crippen molar-refractivity contribution in [2.24, 2.45) is 17.6 Å². The molecule has 9 nitrogen and oxygen atoms in total. The van der Waals surface area contributed by atoms with Gasteiger partial charge >= 0.3 is 0 Å². The summed E-state index contributed by atoms with van der Waals surface area (Å²) < 4.78 is 0. The van der Waals surface area contributed by atoms with Crippen LogP contribution in [0.1, 0.15) is 49.8 Å². The fourth-order valence-corrected chi connectivity index (χ4v) is 5.57. The lowest BCUT2D eigenvalue weighted by atomic mass is 9.59. The van der Waals surface area contributed by atoms with Crippen molar-refractivity contribution in [2.45, 2.75) is 51.6 Å². The smallest absolute Gasteiger partial charge is 0.255 e. The fraction of sp³-hybridized carbons (Fsp3) is 0.458. The van der Waals surface area contributed by atoms with Gasteiger partial charge in [-0.15, -0.1) is 0 Å². The summed E-state index contributed by atoms with van der Waals surface area (Å²) in [5, 5.41) is 47.3. The van der Waals surface area contributed by atoms with Gasteiger partial charge in [0.2, 0.25) is 5.78 Å². The normalized spacial score (nSPS) is 26.6. The standard InChI is InChI=1S/C24H28N2O7/c1-3-5-13-14(26-4-2)8-11-6-10-7-12-9-15(27)18(23(25)32)22(31)24(12,33)21(30)17(10)20(29)16(11)19(13)28/h8,10,12,26,28-29,31,33H,3-7,9H2,1-2H3,(H2,25,32)/t10?,12-,24-/m0/s1. The highest BCUT2D eigenvalue weighted by Crippen LogP contribution is 2.52. The number of aliphatic hydroxyl groups excluding tert-OH is 2. The Kier molecular flexibility index (Phi) is 5.48. The largest absolute Gasteiger partial charge is 0.508 e. The Balaban J connectivity index is 1.91. The lowest BCUT2D eigenvalue weighted by Crippen LogP contribution is -2.58. The molecule has 0 saturated heterocycles. The maximum atomic E-state index is 13.5. The summed E-state index contributed by atoms with van der Waals surface area (Å²) in [6.45, 7) is 4.52. The van der Waals surface area contributed by atoms with Crippen LogP contribution in [0.5, 0.6) is 5.75 Å². The average Bonchev–Trinajstić information content (AvgIpc) is 2.73. The molecule has 3 aliphatic carbocycles. The summed E-state index contributed by atoms with van der Waals surface area (Å²) in [7, 11) is 0. The molecule has 4 rings (SSSR count). The van der Waals surface area contributed by atoms with Crippen LogP contribution in [0, 0.1) is 11.8 Å². The third-order valence-electron chi connectivity index (χ3n) is 7.03. The van der Waals surface area contributed by atoms with Gasteiger partial charge in [0.05, 0.1) is 5.56 Å². The van der Waals surface area contributed by atoms with E-state index in [2.05, 4.69) is 5.32 Å². The third-order valence-corrected chi connectivity index (χ3v) is 7.03. The van der Waals surface area contributed by atoms with Crippen molar-refractivity contribution in [3.8, 4) is 5.75 Å². The van der Waals surface area contributed by atoms with Crippen molar-refractivity contribution in [1.82, 2.24) is 0 Å². The summed E-state index contributed by atoms with van der Waals surface area (Å²) in [5.74, 6) is -6.10. The molecular formula is C24H28N2O7. The monoisotopic (exact) mass is 456 g/mol. The zero-order valence-corrected chi connectivity index (χ0v) is 18.6. The zero-order chi connectivity index (χ0) is 24.2. The minimum atomic E-state index is -2.54. The molecule has 1 aromatic rings. The van der Waals surface area contributed by atoms with Crippen LogP contribution in [-0.4, -0.2) is 50.0 Å². The van der Waals surface area contributed by atoms with E-state index in [1.165, 1.54) is 0 Å². The molecule has 0 radical (unpaired) electrons. The first kappa shape index (κ1) is 22.8. The Morgan fingerprint density at radius 1 is 1.21 bits per heavy atom. The van der Waals surface area contributed by atoms with E-state index in [9.17, 15) is 34.8 Å². The number of anilines is 1. The summed E-state index contributed by atoms with van der Waals surface area (Å²) >= 11 is 0. The number of benzene rings is 1. The van der Waals surface area contributed by atoms with E-state index in [0.29, 0.717) is 30.5 Å². The van der Waals surface area contributed by atoms with E-state index >= 15 is 0 Å². The number of carbonyl (C=O) groups is 3. The second kappa shape index (κ2) is 7.91. The zero-order valence-electron chi connectivity index (χ0n) is 18.6. The molecule has 0 aliphatic heterocycles. The second-order valence-corrected chi connectivity index (χ2v) is 8.97. The van der Waals surface area contributed by atoms with E-state index in [4.69, 9.17) is 5.73 Å². The molecular weight excluding hydrogens is 428 g/mol. The number of rotatable bonds is 5. The van der Waals surface area contributed by atoms with Crippen molar-refractivity contribution in [3.63, 3.8) is 0 Å². The van der Waals surface area contributed by atoms with Gasteiger partial charge in [-0.3, -0.25) is 14.4 Å². The maximum absolute atomic E-state index is 13.5. The van der Waals surface area contributed by atoms with Gasteiger partial charge in [0.1, 0.15) is 22.8 Å². The molecule has 0 bridgehead atoms. The number of amides is 1. The SMILES string of the molecule is CCCc1c(NCC)cc2c(c1O)C(O)=C1C(=O)[C@]3(O)C(O)=C(C(N)=O)C(=O)C[C@@H]3CC1C2. The molecule has 0 aromatic heterocycles. The molecule has 1 aromatic carbocycles. The maximum Gasteiger partial charge on any atom is 0.255 e. The highest BCUT2D eigenvalue weighted by atomic mass is 16.3. The molecule has 0 heterocycles. The number of aromatic hydroxyl groups is 1. The Hall–Kier alpha value is -3.33. The molecule has 3 aliphatic rings. The quantitative estimate of drug-likeness (QED) is 0.364. The highest BCUT2D eigenvalue weighted by Gasteiger charge is 2.60. The molecule has 0 spiro atoms. The number of fused-ring (bicyclic) bond motifs is 3. The summed E-state index contributed by atoms with van der Waals surface area (Å²) in [4.78, 5) is 37.6. The molecule has 9 heteroatoms. The van der Waals surface area contributed by atoms with Gasteiger partial charge in [0.25, 0.3) is 5.91 Å². The Morgan fingerprint density at radius 2 is 1.91 bits per heavy atom. The number of aliphatic hydroxyl groups is 3. The van der Waals surface area contributed by atoms with Crippen LogP contribution in [-0.2, 0) is 27.2 Å². The number of hydrogen-bond acceptors (Lipinski definition) is 8. The lowest BCUT2D eigenvalue weighted by molar-refractivity contribution is -0.147. The van der Waals surface area contributed by atoms with Gasteiger partial charge in [-0.1, -0.05) is 13.3 Å². The van der Waals surface area contributed by atoms with Crippen LogP contribution in [0.2, 0.25) is 0 Å². The van der Waals surface area contributed by atoms with Crippen LogP contribution in [0.25, 0.3) is 5.76 Å². The van der Waals surface area contributed by atoms with E-state index in [1.807, 2.05) is 19.9 Å². The predicted molar refractivity (Wildman–Crippen MR) is 120 cm³/mol. The molecule has 1 amide bonds. The first-order chi connectivity index (χ1) is 15.6. The third kappa shape index (κ3) is 3.13. The molecule has 1 fully saturated rings. The van der Waals surface area contributed by atoms with Gasteiger partial charge in [-0.25, -0.2) is 0 Å². The predicted octanol–water partition coefficient (Wildman–Crippen LogP) is 1.81. The van der Waals surface area contributed by atoms with Crippen LogP contribution >= 0.6 is 0 Å². The Bertz CT molecular complexity index is 1150. The van der Waals surface area contributed by atoms with Crippen LogP contribution in [0.15, 0.2) is 23.0 Å². The Morgan fingerprint density at radius 3 is 2.52 bits per heavy atom. The van der Waals surface area contributed by atoms with E-state index in [-0.39, 0.29) is 29.7 Å². The van der Waals surface area contributed by atoms with Crippen molar-refractivity contribution >= 4 is 28.9 Å². The number of phenols is 1. The van der Waals surface area contributed by atoms with Crippen LogP contribution in [0.4, 0.5) is 5.69 Å². The number of carbonyl (C=O) groups excluding carboxylic acids is 3. The number of nitrogens with two attached hydrogens (primary N) is 1. The van der Waals surface area contributed by atoms with Crippen molar-refractivity contribution in [3.05, 3.63) is 39.7 Å². The van der Waals surface area contributed by atoms with E-state index < -0.39 is 52.0 Å². The van der Waals surface area contributed by atoms with E-state index in [1.54, 1.807) is 0 Å². The van der Waals surface area contributed by atoms with Gasteiger partial charge in [-0.2, -0.15) is 0 Å². The average molecular weight is 456 g/mol. The van der Waals surface area contributed by atoms with Crippen molar-refractivity contribution in [1.29, 1.82) is 0 Å². The second-order valence-electron chi connectivity index (χ2n) is 8.97. The fourth-order valence-electron chi connectivity index (χ4n) is 5.57. The highest BCUT2D eigenvalue weighted by molar-refractivity contribution is 6.22.